The third-order valence-electron chi connectivity index (χ3n) is 2.88. The molecule has 0 atom stereocenters. The van der Waals surface area contributed by atoms with Gasteiger partial charge in [-0.3, -0.25) is 0 Å². The van der Waals surface area contributed by atoms with Crippen LogP contribution in [0.2, 0.25) is 0 Å². The number of rotatable bonds is 3. The number of hydrogen-bond acceptors (Lipinski definition) is 3. The van der Waals surface area contributed by atoms with E-state index in [4.69, 9.17) is 0 Å². The number of fused-ring (bicyclic) bond motifs is 1. The topological polar surface area (TPSA) is 54.9 Å². The van der Waals surface area contributed by atoms with Gasteiger partial charge < -0.3 is 0 Å². The molecule has 2 aromatic carbocycles. The van der Waals surface area contributed by atoms with Gasteiger partial charge in [0.1, 0.15) is 0 Å². The zero-order chi connectivity index (χ0) is 13.9. The molecule has 0 aliphatic rings. The molecule has 1 aromatic heterocycles. The number of benzene rings is 2. The molecule has 6 heteroatoms. The summed E-state index contributed by atoms with van der Waals surface area (Å²) in [7, 11) is 0. The van der Waals surface area contributed by atoms with Crippen molar-refractivity contribution in [1.29, 1.82) is 0 Å². The van der Waals surface area contributed by atoms with Gasteiger partial charge in [0, 0.05) is 0 Å². The maximum absolute atomic E-state index is 12.1. The summed E-state index contributed by atoms with van der Waals surface area (Å²) in [5.41, 5.74) is 3.39. The predicted octanol–water partition coefficient (Wildman–Crippen LogP) is 2.38. The summed E-state index contributed by atoms with van der Waals surface area (Å²) in [4.78, 5) is 12.1. The minimum absolute atomic E-state index is 0.0607. The minimum atomic E-state index is -0.0923. The summed E-state index contributed by atoms with van der Waals surface area (Å²) in [6.07, 6.45) is 0. The van der Waals surface area contributed by atoms with Gasteiger partial charge in [0.25, 0.3) is 0 Å². The number of carbonyl (C=O) groups is 1. The van der Waals surface area contributed by atoms with Crippen LogP contribution < -0.4 is 5.32 Å². The Morgan fingerprint density at radius 2 is 1.85 bits per heavy atom. The van der Waals surface area contributed by atoms with Crippen LogP contribution in [0.1, 0.15) is 15.9 Å². The summed E-state index contributed by atoms with van der Waals surface area (Å²) in [5, 5.41) is 2.90. The number of nitrogens with zero attached hydrogens (tertiary/aromatic N) is 2. The van der Waals surface area contributed by atoms with Crippen LogP contribution in [0.15, 0.2) is 46.9 Å². The normalized spacial score (nSPS) is 10.7. The predicted molar refractivity (Wildman–Crippen MR) is 81.8 cm³/mol. The molecule has 3 rings (SSSR count). The Hall–Kier alpha value is -1.49. The second-order valence-electron chi connectivity index (χ2n) is 4.28. The number of hydrogen-bond donors (Lipinski definition) is 1. The van der Waals surface area contributed by atoms with E-state index in [0.717, 1.165) is 21.1 Å². The fourth-order valence-corrected chi connectivity index (χ4v) is 3.16. The van der Waals surface area contributed by atoms with E-state index in [1.807, 2.05) is 30.3 Å². The van der Waals surface area contributed by atoms with Crippen molar-refractivity contribution in [2.75, 3.05) is 0 Å². The standard InChI is InChI=1S/C14H10BrN3OSe/c15-11-4-1-9(2-5-11)8-16-14(19)10-3-6-12-13(7-10)18-20-17-12/h1-7H,8H2,(H,16,19). The van der Waals surface area contributed by atoms with E-state index >= 15 is 0 Å². The van der Waals surface area contributed by atoms with Crippen molar-refractivity contribution in [2.45, 2.75) is 6.54 Å². The van der Waals surface area contributed by atoms with Gasteiger partial charge >= 0.3 is 131 Å². The number of carbonyl (C=O) groups excluding carboxylic acids is 1. The van der Waals surface area contributed by atoms with E-state index in [9.17, 15) is 4.79 Å². The Morgan fingerprint density at radius 3 is 2.65 bits per heavy atom. The summed E-state index contributed by atoms with van der Waals surface area (Å²) in [5.74, 6) is -0.0923. The van der Waals surface area contributed by atoms with Crippen molar-refractivity contribution in [1.82, 2.24) is 13.3 Å². The Balaban J connectivity index is 1.70. The van der Waals surface area contributed by atoms with Gasteiger partial charge in [-0.1, -0.05) is 0 Å². The van der Waals surface area contributed by atoms with Gasteiger partial charge in [-0.15, -0.1) is 0 Å². The molecule has 0 saturated carbocycles. The Bertz CT molecular complexity index is 754. The summed E-state index contributed by atoms with van der Waals surface area (Å²) in [6.45, 7) is 0.509. The van der Waals surface area contributed by atoms with Crippen molar-refractivity contribution in [3.63, 3.8) is 0 Å². The van der Waals surface area contributed by atoms with E-state index in [2.05, 4.69) is 29.2 Å². The average molecular weight is 395 g/mol. The van der Waals surface area contributed by atoms with Gasteiger partial charge in [0.05, 0.1) is 0 Å². The van der Waals surface area contributed by atoms with Gasteiger partial charge in [0.2, 0.25) is 0 Å². The first kappa shape index (κ1) is 13.5. The molecule has 0 spiro atoms. The molecular weight excluding hydrogens is 385 g/mol. The first-order valence-corrected chi connectivity index (χ1v) is 8.30. The number of aromatic nitrogens is 2. The van der Waals surface area contributed by atoms with Crippen molar-refractivity contribution in [3.05, 3.63) is 58.1 Å². The quantitative estimate of drug-likeness (QED) is 0.694. The van der Waals surface area contributed by atoms with Gasteiger partial charge in [-0.05, 0) is 0 Å². The Labute approximate surface area is 130 Å². The molecule has 0 radical (unpaired) electrons. The van der Waals surface area contributed by atoms with Crippen LogP contribution in [0, 0.1) is 0 Å². The number of halogens is 1. The van der Waals surface area contributed by atoms with E-state index in [1.54, 1.807) is 12.1 Å². The van der Waals surface area contributed by atoms with E-state index in [0.29, 0.717) is 12.1 Å². The zero-order valence-corrected chi connectivity index (χ0v) is 13.6. The SMILES string of the molecule is O=C(NCc1ccc(Br)cc1)c1ccc2n[se]nc2c1. The fraction of sp³-hybridized carbons (Fsp3) is 0.0714. The van der Waals surface area contributed by atoms with Crippen LogP contribution in [-0.2, 0) is 6.54 Å². The van der Waals surface area contributed by atoms with Crippen molar-refractivity contribution < 1.29 is 4.79 Å². The molecular formula is C14H10BrN3OSe. The van der Waals surface area contributed by atoms with Gasteiger partial charge in [-0.2, -0.15) is 0 Å². The van der Waals surface area contributed by atoms with E-state index < -0.39 is 0 Å². The molecule has 0 bridgehead atoms. The van der Waals surface area contributed by atoms with Crippen LogP contribution in [0.3, 0.4) is 0 Å². The monoisotopic (exact) mass is 395 g/mol. The molecule has 0 unspecified atom stereocenters. The first-order chi connectivity index (χ1) is 9.72. The van der Waals surface area contributed by atoms with Crippen molar-refractivity contribution in [3.8, 4) is 0 Å². The molecule has 3 aromatic rings. The van der Waals surface area contributed by atoms with Crippen LogP contribution in [0.5, 0.6) is 0 Å². The first-order valence-electron chi connectivity index (χ1n) is 5.97. The fourth-order valence-electron chi connectivity index (χ4n) is 1.81. The molecule has 100 valence electrons. The molecule has 0 saturated heterocycles. The third-order valence-corrected chi connectivity index (χ3v) is 4.58. The second kappa shape index (κ2) is 5.87. The second-order valence-corrected chi connectivity index (χ2v) is 6.30. The van der Waals surface area contributed by atoms with Crippen LogP contribution in [0.25, 0.3) is 11.0 Å². The van der Waals surface area contributed by atoms with E-state index in [1.165, 1.54) is 0 Å². The zero-order valence-electron chi connectivity index (χ0n) is 10.3. The summed E-state index contributed by atoms with van der Waals surface area (Å²) in [6, 6.07) is 13.3. The molecule has 1 heterocycles. The molecule has 1 amide bonds. The molecule has 4 nitrogen and oxygen atoms in total. The Morgan fingerprint density at radius 1 is 1.10 bits per heavy atom. The summed E-state index contributed by atoms with van der Waals surface area (Å²) < 4.78 is 9.57. The van der Waals surface area contributed by atoms with Gasteiger partial charge in [0.15, 0.2) is 0 Å². The van der Waals surface area contributed by atoms with Crippen molar-refractivity contribution >= 4 is 47.8 Å². The third kappa shape index (κ3) is 2.98. The molecule has 0 aliphatic heterocycles. The van der Waals surface area contributed by atoms with Crippen LogP contribution in [0.4, 0.5) is 0 Å². The van der Waals surface area contributed by atoms with Crippen LogP contribution in [-0.4, -0.2) is 28.8 Å². The average Bonchev–Trinajstić information content (AvgIpc) is 2.93. The molecule has 0 aliphatic carbocycles. The van der Waals surface area contributed by atoms with E-state index in [-0.39, 0.29) is 20.9 Å². The number of nitrogens with one attached hydrogen (secondary N) is 1. The van der Waals surface area contributed by atoms with Crippen molar-refractivity contribution in [2.24, 2.45) is 0 Å². The molecule has 20 heavy (non-hydrogen) atoms. The Kier molecular flexibility index (Phi) is 3.96. The van der Waals surface area contributed by atoms with Gasteiger partial charge in [-0.25, -0.2) is 0 Å². The molecule has 0 fully saturated rings. The molecule has 1 N–H and O–H groups in total. The van der Waals surface area contributed by atoms with Crippen LogP contribution >= 0.6 is 15.9 Å². The summed E-state index contributed by atoms with van der Waals surface area (Å²) >= 11 is 3.32. The maximum atomic E-state index is 12.1. The number of amides is 1.